The smallest absolute Gasteiger partial charge is 0.409 e. The van der Waals surface area contributed by atoms with Gasteiger partial charge in [-0.2, -0.15) is 0 Å². The summed E-state index contributed by atoms with van der Waals surface area (Å²) in [5, 5.41) is 0. The topological polar surface area (TPSA) is 74.3 Å². The van der Waals surface area contributed by atoms with Gasteiger partial charge in [-0.15, -0.1) is 0 Å². The molecule has 0 aromatic heterocycles. The van der Waals surface area contributed by atoms with E-state index in [1.54, 1.807) is 6.92 Å². The average Bonchev–Trinajstić information content (AvgIpc) is 2.90. The summed E-state index contributed by atoms with van der Waals surface area (Å²) in [7, 11) is 1.32. The van der Waals surface area contributed by atoms with E-state index in [-0.39, 0.29) is 18.2 Å². The number of amides is 1. The van der Waals surface area contributed by atoms with Crippen LogP contribution >= 0.6 is 0 Å². The molecular weight excluding hydrogens is 266 g/mol. The molecule has 0 bridgehead atoms. The van der Waals surface area contributed by atoms with Crippen LogP contribution < -0.4 is 0 Å². The monoisotopic (exact) mass is 287 g/mol. The third kappa shape index (κ3) is 2.65. The van der Waals surface area contributed by atoms with Gasteiger partial charge in [0.2, 0.25) is 0 Å². The zero-order valence-corrected chi connectivity index (χ0v) is 12.1. The third-order valence-electron chi connectivity index (χ3n) is 3.62. The standard InChI is InChI=1S/C13H21NO6/c1-4-18-13(19-5-6-20-13)10-8-14(12(16)17-3)7-9(2)11(10)15/h9-10H,4-8H2,1-3H3. The van der Waals surface area contributed by atoms with Crippen LogP contribution in [-0.4, -0.2) is 62.8 Å². The van der Waals surface area contributed by atoms with Crippen molar-refractivity contribution < 1.29 is 28.5 Å². The van der Waals surface area contributed by atoms with E-state index in [4.69, 9.17) is 18.9 Å². The number of ketones is 1. The summed E-state index contributed by atoms with van der Waals surface area (Å²) in [6.07, 6.45) is -0.459. The Morgan fingerprint density at radius 3 is 2.60 bits per heavy atom. The Kier molecular flexibility index (Phi) is 4.62. The van der Waals surface area contributed by atoms with Gasteiger partial charge in [0, 0.05) is 25.6 Å². The molecule has 2 atom stereocenters. The van der Waals surface area contributed by atoms with E-state index in [0.717, 1.165) is 0 Å². The van der Waals surface area contributed by atoms with Gasteiger partial charge in [0.25, 0.3) is 5.97 Å². The Bertz CT molecular complexity index is 379. The highest BCUT2D eigenvalue weighted by Crippen LogP contribution is 2.35. The molecule has 2 unspecified atom stereocenters. The Morgan fingerprint density at radius 2 is 2.05 bits per heavy atom. The lowest BCUT2D eigenvalue weighted by Crippen LogP contribution is -2.58. The maximum atomic E-state index is 12.4. The van der Waals surface area contributed by atoms with Crippen molar-refractivity contribution in [1.82, 2.24) is 4.90 Å². The SMILES string of the molecule is CCOC1(C2CN(C(=O)OC)CC(C)C2=O)OCCO1. The van der Waals surface area contributed by atoms with Gasteiger partial charge in [-0.25, -0.2) is 4.79 Å². The molecule has 0 radical (unpaired) electrons. The highest BCUT2D eigenvalue weighted by Gasteiger charge is 2.53. The van der Waals surface area contributed by atoms with E-state index < -0.39 is 18.0 Å². The Hall–Kier alpha value is -1.18. The van der Waals surface area contributed by atoms with Crippen molar-refractivity contribution >= 4 is 11.9 Å². The molecular formula is C13H21NO6. The quantitative estimate of drug-likeness (QED) is 0.758. The minimum atomic E-state index is -1.37. The van der Waals surface area contributed by atoms with Crippen LogP contribution in [0.3, 0.4) is 0 Å². The molecule has 2 aliphatic rings. The minimum absolute atomic E-state index is 0.0134. The fraction of sp³-hybridized carbons (Fsp3) is 0.846. The van der Waals surface area contributed by atoms with E-state index in [1.165, 1.54) is 12.0 Å². The highest BCUT2D eigenvalue weighted by molar-refractivity contribution is 5.86. The molecule has 7 heteroatoms. The van der Waals surface area contributed by atoms with Gasteiger partial charge in [0.1, 0.15) is 11.7 Å². The molecule has 0 spiro atoms. The Labute approximate surface area is 118 Å². The summed E-state index contributed by atoms with van der Waals surface area (Å²) >= 11 is 0. The number of likely N-dealkylation sites (tertiary alicyclic amines) is 1. The summed E-state index contributed by atoms with van der Waals surface area (Å²) in [6.45, 7) is 5.20. The zero-order chi connectivity index (χ0) is 14.8. The molecule has 0 saturated carbocycles. The molecule has 1 amide bonds. The number of piperidine rings is 1. The largest absolute Gasteiger partial charge is 0.453 e. The second kappa shape index (κ2) is 6.07. The first kappa shape index (κ1) is 15.2. The van der Waals surface area contributed by atoms with Gasteiger partial charge in [0.05, 0.1) is 20.3 Å². The first-order chi connectivity index (χ1) is 9.54. The summed E-state index contributed by atoms with van der Waals surface area (Å²) in [4.78, 5) is 25.6. The molecule has 2 saturated heterocycles. The van der Waals surface area contributed by atoms with Crippen molar-refractivity contribution in [3.05, 3.63) is 0 Å². The number of ether oxygens (including phenoxy) is 4. The number of hydrogen-bond acceptors (Lipinski definition) is 6. The summed E-state index contributed by atoms with van der Waals surface area (Å²) in [5.41, 5.74) is 0. The molecule has 0 aliphatic carbocycles. The van der Waals surface area contributed by atoms with Crippen molar-refractivity contribution in [2.45, 2.75) is 19.8 Å². The van der Waals surface area contributed by atoms with E-state index in [9.17, 15) is 9.59 Å². The highest BCUT2D eigenvalue weighted by atomic mass is 16.9. The number of carbonyl (C=O) groups is 2. The molecule has 114 valence electrons. The average molecular weight is 287 g/mol. The number of hydrogen-bond donors (Lipinski definition) is 0. The van der Waals surface area contributed by atoms with Crippen molar-refractivity contribution in [1.29, 1.82) is 0 Å². The van der Waals surface area contributed by atoms with Gasteiger partial charge in [-0.3, -0.25) is 4.79 Å². The second-order valence-electron chi connectivity index (χ2n) is 4.96. The summed E-state index contributed by atoms with van der Waals surface area (Å²) in [5.74, 6) is -2.35. The van der Waals surface area contributed by atoms with Crippen molar-refractivity contribution in [2.24, 2.45) is 11.8 Å². The molecule has 2 fully saturated rings. The van der Waals surface area contributed by atoms with Crippen LogP contribution in [0.4, 0.5) is 4.79 Å². The number of methoxy groups -OCH3 is 1. The number of carbonyl (C=O) groups excluding carboxylic acids is 2. The molecule has 0 aromatic carbocycles. The van der Waals surface area contributed by atoms with Crippen molar-refractivity contribution in [3.8, 4) is 0 Å². The van der Waals surface area contributed by atoms with Crippen LogP contribution in [0.15, 0.2) is 0 Å². The Morgan fingerprint density at radius 1 is 1.40 bits per heavy atom. The van der Waals surface area contributed by atoms with Crippen molar-refractivity contribution in [2.75, 3.05) is 40.0 Å². The first-order valence-electron chi connectivity index (χ1n) is 6.82. The van der Waals surface area contributed by atoms with Gasteiger partial charge in [-0.1, -0.05) is 6.92 Å². The van der Waals surface area contributed by atoms with Gasteiger partial charge >= 0.3 is 6.09 Å². The zero-order valence-electron chi connectivity index (χ0n) is 12.1. The predicted octanol–water partition coefficient (Wildman–Crippen LogP) is 0.627. The van der Waals surface area contributed by atoms with Crippen LogP contribution in [0.1, 0.15) is 13.8 Å². The van der Waals surface area contributed by atoms with Crippen molar-refractivity contribution in [3.63, 3.8) is 0 Å². The Balaban J connectivity index is 2.22. The normalized spacial score (nSPS) is 29.6. The molecule has 20 heavy (non-hydrogen) atoms. The van der Waals surface area contributed by atoms with Crippen LogP contribution in [-0.2, 0) is 23.7 Å². The lowest BCUT2D eigenvalue weighted by atomic mass is 9.87. The maximum Gasteiger partial charge on any atom is 0.409 e. The lowest BCUT2D eigenvalue weighted by Gasteiger charge is -2.41. The van der Waals surface area contributed by atoms with Gasteiger partial charge < -0.3 is 23.8 Å². The number of rotatable bonds is 3. The molecule has 7 nitrogen and oxygen atoms in total. The van der Waals surface area contributed by atoms with Crippen LogP contribution in [0.5, 0.6) is 0 Å². The van der Waals surface area contributed by atoms with E-state index in [2.05, 4.69) is 0 Å². The van der Waals surface area contributed by atoms with Crippen LogP contribution in [0.2, 0.25) is 0 Å². The second-order valence-corrected chi connectivity index (χ2v) is 4.96. The van der Waals surface area contributed by atoms with Crippen LogP contribution in [0.25, 0.3) is 0 Å². The minimum Gasteiger partial charge on any atom is -0.453 e. The predicted molar refractivity (Wildman–Crippen MR) is 67.9 cm³/mol. The lowest BCUT2D eigenvalue weighted by molar-refractivity contribution is -0.352. The van der Waals surface area contributed by atoms with Gasteiger partial charge in [-0.05, 0) is 6.92 Å². The fourth-order valence-corrected chi connectivity index (χ4v) is 2.71. The third-order valence-corrected chi connectivity index (χ3v) is 3.62. The number of nitrogens with zero attached hydrogens (tertiary/aromatic N) is 1. The first-order valence-corrected chi connectivity index (χ1v) is 6.82. The summed E-state index contributed by atoms with van der Waals surface area (Å²) < 4.78 is 21.4. The van der Waals surface area contributed by atoms with Crippen LogP contribution in [0, 0.1) is 11.8 Å². The van der Waals surface area contributed by atoms with E-state index in [0.29, 0.717) is 26.4 Å². The number of Topliss-reactive ketones (excluding diaryl/α,β-unsaturated/α-hetero) is 1. The molecule has 2 rings (SSSR count). The molecule has 0 N–H and O–H groups in total. The maximum absolute atomic E-state index is 12.4. The van der Waals surface area contributed by atoms with E-state index >= 15 is 0 Å². The molecule has 2 heterocycles. The van der Waals surface area contributed by atoms with E-state index in [1.807, 2.05) is 6.92 Å². The fourth-order valence-electron chi connectivity index (χ4n) is 2.71. The molecule has 0 aromatic rings. The molecule has 2 aliphatic heterocycles. The van der Waals surface area contributed by atoms with Gasteiger partial charge in [0.15, 0.2) is 0 Å². The summed E-state index contributed by atoms with van der Waals surface area (Å²) in [6, 6.07) is 0.